The topological polar surface area (TPSA) is 59.3 Å². The van der Waals surface area contributed by atoms with Crippen molar-refractivity contribution in [1.82, 2.24) is 14.4 Å². The monoisotopic (exact) mass is 286 g/mol. The van der Waals surface area contributed by atoms with Crippen LogP contribution in [0.2, 0.25) is 0 Å². The van der Waals surface area contributed by atoms with Crippen molar-refractivity contribution >= 4 is 28.0 Å². The molecule has 0 bridgehead atoms. The van der Waals surface area contributed by atoms with Gasteiger partial charge in [-0.3, -0.25) is 14.5 Å². The van der Waals surface area contributed by atoms with Crippen LogP contribution in [0.4, 0.5) is 5.13 Å². The van der Waals surface area contributed by atoms with Crippen molar-refractivity contribution in [2.75, 3.05) is 5.32 Å². The van der Waals surface area contributed by atoms with E-state index in [1.807, 2.05) is 48.9 Å². The van der Waals surface area contributed by atoms with Crippen molar-refractivity contribution in [3.63, 3.8) is 0 Å². The van der Waals surface area contributed by atoms with E-state index >= 15 is 0 Å². The van der Waals surface area contributed by atoms with E-state index < -0.39 is 0 Å². The summed E-state index contributed by atoms with van der Waals surface area (Å²) in [6.07, 6.45) is 1.85. The number of carbonyl (C=O) groups excluding carboxylic acids is 1. The van der Waals surface area contributed by atoms with Gasteiger partial charge in [-0.2, -0.15) is 0 Å². The van der Waals surface area contributed by atoms with E-state index in [1.165, 1.54) is 11.3 Å². The van der Waals surface area contributed by atoms with Crippen molar-refractivity contribution < 1.29 is 4.79 Å². The number of pyridine rings is 1. The molecule has 102 valence electrons. The van der Waals surface area contributed by atoms with Crippen molar-refractivity contribution in [1.29, 1.82) is 0 Å². The van der Waals surface area contributed by atoms with Gasteiger partial charge in [-0.15, -0.1) is 11.3 Å². The number of nitrogens with zero attached hydrogens (tertiary/aromatic N) is 3. The Kier molecular flexibility index (Phi) is 3.02. The molecule has 0 spiro atoms. The Hall–Kier alpha value is -2.21. The Morgan fingerprint density at radius 2 is 2.10 bits per heavy atom. The van der Waals surface area contributed by atoms with Gasteiger partial charge in [0.2, 0.25) is 0 Å². The molecule has 1 amide bonds. The number of hydrogen-bond acceptors (Lipinski definition) is 4. The SMILES string of the molecule is Cc1csc(NC(=O)c2c(C)nc3c(C)cccn23)n1. The number of hydrogen-bond donors (Lipinski definition) is 1. The third-order valence-electron chi connectivity index (χ3n) is 3.07. The van der Waals surface area contributed by atoms with Crippen LogP contribution in [0.1, 0.15) is 27.4 Å². The summed E-state index contributed by atoms with van der Waals surface area (Å²) in [6, 6.07) is 3.89. The molecule has 5 nitrogen and oxygen atoms in total. The van der Waals surface area contributed by atoms with Crippen LogP contribution in [-0.2, 0) is 0 Å². The second-order valence-corrected chi connectivity index (χ2v) is 5.54. The highest BCUT2D eigenvalue weighted by atomic mass is 32.1. The van der Waals surface area contributed by atoms with E-state index in [4.69, 9.17) is 0 Å². The summed E-state index contributed by atoms with van der Waals surface area (Å²) in [5.41, 5.74) is 4.02. The fourth-order valence-electron chi connectivity index (χ4n) is 2.16. The summed E-state index contributed by atoms with van der Waals surface area (Å²) in [7, 11) is 0. The number of aryl methyl sites for hydroxylation is 3. The number of nitrogens with one attached hydrogen (secondary N) is 1. The van der Waals surface area contributed by atoms with E-state index in [1.54, 1.807) is 0 Å². The van der Waals surface area contributed by atoms with E-state index in [-0.39, 0.29) is 5.91 Å². The standard InChI is InChI=1S/C14H14N4OS/c1-8-5-4-6-18-11(10(3)16-12(8)18)13(19)17-14-15-9(2)7-20-14/h4-7H,1-3H3,(H,15,17,19). The minimum Gasteiger partial charge on any atom is -0.296 e. The number of fused-ring (bicyclic) bond motifs is 1. The Labute approximate surface area is 120 Å². The zero-order chi connectivity index (χ0) is 14.3. The van der Waals surface area contributed by atoms with Gasteiger partial charge in [0.25, 0.3) is 5.91 Å². The van der Waals surface area contributed by atoms with E-state index in [2.05, 4.69) is 15.3 Å². The van der Waals surface area contributed by atoms with Crippen LogP contribution >= 0.6 is 11.3 Å². The normalized spacial score (nSPS) is 10.9. The predicted octanol–water partition coefficient (Wildman–Crippen LogP) is 2.97. The quantitative estimate of drug-likeness (QED) is 0.788. The lowest BCUT2D eigenvalue weighted by Gasteiger charge is -2.03. The maximum atomic E-state index is 12.4. The molecule has 0 unspecified atom stereocenters. The molecule has 0 aliphatic rings. The zero-order valence-electron chi connectivity index (χ0n) is 11.5. The van der Waals surface area contributed by atoms with Crippen LogP contribution in [0, 0.1) is 20.8 Å². The third-order valence-corrected chi connectivity index (χ3v) is 3.95. The Morgan fingerprint density at radius 3 is 2.80 bits per heavy atom. The summed E-state index contributed by atoms with van der Waals surface area (Å²) >= 11 is 1.42. The van der Waals surface area contributed by atoms with Gasteiger partial charge in [-0.25, -0.2) is 9.97 Å². The van der Waals surface area contributed by atoms with Crippen LogP contribution in [-0.4, -0.2) is 20.3 Å². The molecule has 0 saturated carbocycles. The van der Waals surface area contributed by atoms with E-state index in [0.717, 1.165) is 16.9 Å². The number of thiazole rings is 1. The number of anilines is 1. The lowest BCUT2D eigenvalue weighted by atomic mass is 10.3. The van der Waals surface area contributed by atoms with Crippen molar-refractivity contribution in [3.05, 3.63) is 46.4 Å². The smallest absolute Gasteiger partial charge is 0.276 e. The molecule has 0 aliphatic carbocycles. The summed E-state index contributed by atoms with van der Waals surface area (Å²) in [5, 5.41) is 5.34. The summed E-state index contributed by atoms with van der Waals surface area (Å²) < 4.78 is 1.82. The number of imidazole rings is 1. The van der Waals surface area contributed by atoms with Crippen LogP contribution in [0.15, 0.2) is 23.7 Å². The average molecular weight is 286 g/mol. The maximum Gasteiger partial charge on any atom is 0.276 e. The molecular formula is C14H14N4OS. The Balaban J connectivity index is 2.03. The summed E-state index contributed by atoms with van der Waals surface area (Å²) in [5.74, 6) is -0.185. The van der Waals surface area contributed by atoms with Gasteiger partial charge >= 0.3 is 0 Å². The van der Waals surface area contributed by atoms with E-state index in [9.17, 15) is 4.79 Å². The number of amides is 1. The molecule has 0 fully saturated rings. The molecule has 6 heteroatoms. The second-order valence-electron chi connectivity index (χ2n) is 4.68. The molecule has 3 aromatic rings. The summed E-state index contributed by atoms with van der Waals surface area (Å²) in [6.45, 7) is 5.72. The molecular weight excluding hydrogens is 272 g/mol. The zero-order valence-corrected chi connectivity index (χ0v) is 12.3. The van der Waals surface area contributed by atoms with Crippen LogP contribution in [0.5, 0.6) is 0 Å². The first-order valence-corrected chi connectivity index (χ1v) is 7.12. The van der Waals surface area contributed by atoms with Crippen LogP contribution in [0.3, 0.4) is 0 Å². The van der Waals surface area contributed by atoms with Gasteiger partial charge in [-0.1, -0.05) is 6.07 Å². The van der Waals surface area contributed by atoms with Gasteiger partial charge in [-0.05, 0) is 32.4 Å². The highest BCUT2D eigenvalue weighted by Crippen LogP contribution is 2.19. The average Bonchev–Trinajstić information content (AvgIpc) is 2.93. The van der Waals surface area contributed by atoms with Crippen molar-refractivity contribution in [2.45, 2.75) is 20.8 Å². The van der Waals surface area contributed by atoms with Gasteiger partial charge in [0.15, 0.2) is 5.13 Å². The fraction of sp³-hybridized carbons (Fsp3) is 0.214. The Bertz CT molecular complexity index is 803. The maximum absolute atomic E-state index is 12.4. The largest absolute Gasteiger partial charge is 0.296 e. The minimum atomic E-state index is -0.185. The fourth-order valence-corrected chi connectivity index (χ4v) is 2.84. The van der Waals surface area contributed by atoms with Crippen LogP contribution < -0.4 is 5.32 Å². The Morgan fingerprint density at radius 1 is 1.30 bits per heavy atom. The first-order valence-electron chi connectivity index (χ1n) is 6.24. The minimum absolute atomic E-state index is 0.185. The van der Waals surface area contributed by atoms with Gasteiger partial charge < -0.3 is 0 Å². The van der Waals surface area contributed by atoms with Crippen LogP contribution in [0.25, 0.3) is 5.65 Å². The number of aromatic nitrogens is 3. The second kappa shape index (κ2) is 4.72. The number of rotatable bonds is 2. The molecule has 0 aromatic carbocycles. The lowest BCUT2D eigenvalue weighted by Crippen LogP contribution is -2.15. The molecule has 0 saturated heterocycles. The highest BCUT2D eigenvalue weighted by Gasteiger charge is 2.18. The lowest BCUT2D eigenvalue weighted by molar-refractivity contribution is 0.102. The number of carbonyl (C=O) groups is 1. The first-order chi connectivity index (χ1) is 9.56. The molecule has 3 aromatic heterocycles. The first kappa shape index (κ1) is 12.8. The molecule has 3 heterocycles. The molecule has 0 radical (unpaired) electrons. The van der Waals surface area contributed by atoms with Gasteiger partial charge in [0, 0.05) is 11.6 Å². The predicted molar refractivity (Wildman–Crippen MR) is 79.5 cm³/mol. The highest BCUT2D eigenvalue weighted by molar-refractivity contribution is 7.13. The molecule has 1 N–H and O–H groups in total. The van der Waals surface area contributed by atoms with Crippen molar-refractivity contribution in [2.24, 2.45) is 0 Å². The van der Waals surface area contributed by atoms with Gasteiger partial charge in [0.05, 0.1) is 11.4 Å². The summed E-state index contributed by atoms with van der Waals surface area (Å²) in [4.78, 5) is 21.1. The third kappa shape index (κ3) is 2.08. The van der Waals surface area contributed by atoms with Gasteiger partial charge in [0.1, 0.15) is 11.3 Å². The molecule has 20 heavy (non-hydrogen) atoms. The molecule has 0 atom stereocenters. The molecule has 3 rings (SSSR count). The van der Waals surface area contributed by atoms with E-state index in [0.29, 0.717) is 16.5 Å². The van der Waals surface area contributed by atoms with Crippen molar-refractivity contribution in [3.8, 4) is 0 Å². The molecule has 0 aliphatic heterocycles.